The second kappa shape index (κ2) is 7.32. The van der Waals surface area contributed by atoms with Crippen molar-refractivity contribution < 1.29 is 0 Å². The van der Waals surface area contributed by atoms with Crippen LogP contribution in [0.2, 0.25) is 0 Å². The van der Waals surface area contributed by atoms with Crippen LogP contribution in [0.3, 0.4) is 0 Å². The normalized spacial score (nSPS) is 20.2. The molecule has 1 aliphatic rings. The molecule has 96 valence electrons. The van der Waals surface area contributed by atoms with Gasteiger partial charge in [-0.15, -0.1) is 0 Å². The van der Waals surface area contributed by atoms with Crippen molar-refractivity contribution in [2.75, 3.05) is 13.1 Å². The lowest BCUT2D eigenvalue weighted by Crippen LogP contribution is -2.37. The van der Waals surface area contributed by atoms with Gasteiger partial charge in [0.15, 0.2) is 0 Å². The fourth-order valence-corrected chi connectivity index (χ4v) is 3.33. The summed E-state index contributed by atoms with van der Waals surface area (Å²) in [7, 11) is 0. The minimum atomic E-state index is 0.644. The average Bonchev–Trinajstić information content (AvgIpc) is 2.35. The van der Waals surface area contributed by atoms with Crippen molar-refractivity contribution in [1.29, 1.82) is 0 Å². The van der Waals surface area contributed by atoms with Gasteiger partial charge in [-0.25, -0.2) is 0 Å². The topological polar surface area (TPSA) is 12.0 Å². The maximum atomic E-state index is 3.61. The molecule has 0 atom stereocenters. The minimum Gasteiger partial charge on any atom is -0.316 e. The van der Waals surface area contributed by atoms with E-state index in [1.165, 1.54) is 57.9 Å². The van der Waals surface area contributed by atoms with E-state index in [0.29, 0.717) is 5.41 Å². The highest BCUT2D eigenvalue weighted by atomic mass is 14.9. The molecule has 0 heterocycles. The standard InChI is InChI=1S/C15H31N/c1-4-14(5-2)12-15(13-16-6-3)10-8-7-9-11-15/h14,16H,4-13H2,1-3H3. The van der Waals surface area contributed by atoms with Gasteiger partial charge in [0.05, 0.1) is 0 Å². The molecule has 16 heavy (non-hydrogen) atoms. The van der Waals surface area contributed by atoms with Gasteiger partial charge in [-0.1, -0.05) is 52.9 Å². The Balaban J connectivity index is 2.54. The van der Waals surface area contributed by atoms with Gasteiger partial charge in [0.2, 0.25) is 0 Å². The van der Waals surface area contributed by atoms with Crippen LogP contribution >= 0.6 is 0 Å². The highest BCUT2D eigenvalue weighted by Crippen LogP contribution is 2.42. The Morgan fingerprint density at radius 3 is 2.12 bits per heavy atom. The number of rotatable bonds is 7. The van der Waals surface area contributed by atoms with Crippen molar-refractivity contribution >= 4 is 0 Å². The molecule has 1 saturated carbocycles. The third-order valence-electron chi connectivity index (χ3n) is 4.54. The molecule has 1 N–H and O–H groups in total. The second-order valence-corrected chi connectivity index (χ2v) is 5.73. The molecule has 0 radical (unpaired) electrons. The first kappa shape index (κ1) is 14.0. The molecule has 1 aliphatic carbocycles. The smallest absolute Gasteiger partial charge is 0.000779 e. The lowest BCUT2D eigenvalue weighted by Gasteiger charge is -2.40. The van der Waals surface area contributed by atoms with Crippen LogP contribution in [-0.4, -0.2) is 13.1 Å². The quantitative estimate of drug-likeness (QED) is 0.678. The molecule has 0 unspecified atom stereocenters. The first-order chi connectivity index (χ1) is 7.76. The van der Waals surface area contributed by atoms with Crippen LogP contribution in [0, 0.1) is 11.3 Å². The van der Waals surface area contributed by atoms with Crippen molar-refractivity contribution in [3.8, 4) is 0 Å². The lowest BCUT2D eigenvalue weighted by atomic mass is 9.68. The summed E-state index contributed by atoms with van der Waals surface area (Å²) in [5.74, 6) is 0.955. The second-order valence-electron chi connectivity index (χ2n) is 5.73. The zero-order valence-electron chi connectivity index (χ0n) is 11.6. The molecule has 0 bridgehead atoms. The fraction of sp³-hybridized carbons (Fsp3) is 1.00. The summed E-state index contributed by atoms with van der Waals surface area (Å²) >= 11 is 0. The number of hydrogen-bond donors (Lipinski definition) is 1. The van der Waals surface area contributed by atoms with E-state index in [1.807, 2.05) is 0 Å². The minimum absolute atomic E-state index is 0.644. The van der Waals surface area contributed by atoms with Crippen molar-refractivity contribution in [2.45, 2.75) is 72.1 Å². The van der Waals surface area contributed by atoms with E-state index in [2.05, 4.69) is 26.1 Å². The van der Waals surface area contributed by atoms with Crippen LogP contribution in [0.5, 0.6) is 0 Å². The van der Waals surface area contributed by atoms with Gasteiger partial charge in [-0.05, 0) is 37.1 Å². The third-order valence-corrected chi connectivity index (χ3v) is 4.54. The first-order valence-corrected chi connectivity index (χ1v) is 7.47. The Hall–Kier alpha value is -0.0400. The zero-order chi connectivity index (χ0) is 11.9. The molecular weight excluding hydrogens is 194 g/mol. The van der Waals surface area contributed by atoms with E-state index in [4.69, 9.17) is 0 Å². The Kier molecular flexibility index (Phi) is 6.41. The largest absolute Gasteiger partial charge is 0.316 e. The van der Waals surface area contributed by atoms with Crippen molar-refractivity contribution in [1.82, 2.24) is 5.32 Å². The number of nitrogens with one attached hydrogen (secondary N) is 1. The van der Waals surface area contributed by atoms with Crippen LogP contribution in [0.15, 0.2) is 0 Å². The highest BCUT2D eigenvalue weighted by Gasteiger charge is 2.33. The van der Waals surface area contributed by atoms with Crippen molar-refractivity contribution in [2.24, 2.45) is 11.3 Å². The summed E-state index contributed by atoms with van der Waals surface area (Å²) in [5, 5.41) is 3.61. The molecule has 0 aromatic heterocycles. The first-order valence-electron chi connectivity index (χ1n) is 7.47. The maximum absolute atomic E-state index is 3.61. The highest BCUT2D eigenvalue weighted by molar-refractivity contribution is 4.86. The number of hydrogen-bond acceptors (Lipinski definition) is 1. The molecule has 1 heteroatoms. The Morgan fingerprint density at radius 2 is 1.62 bits per heavy atom. The molecular formula is C15H31N. The van der Waals surface area contributed by atoms with Crippen molar-refractivity contribution in [3.05, 3.63) is 0 Å². The molecule has 0 aliphatic heterocycles. The van der Waals surface area contributed by atoms with E-state index in [1.54, 1.807) is 0 Å². The van der Waals surface area contributed by atoms with Crippen molar-refractivity contribution in [3.63, 3.8) is 0 Å². The van der Waals surface area contributed by atoms with Gasteiger partial charge >= 0.3 is 0 Å². The molecule has 1 fully saturated rings. The summed E-state index contributed by atoms with van der Waals surface area (Å²) in [4.78, 5) is 0. The van der Waals surface area contributed by atoms with Crippen LogP contribution in [0.4, 0.5) is 0 Å². The van der Waals surface area contributed by atoms with E-state index in [9.17, 15) is 0 Å². The van der Waals surface area contributed by atoms with Gasteiger partial charge < -0.3 is 5.32 Å². The SMILES string of the molecule is CCNCC1(CC(CC)CC)CCCCC1. The molecule has 0 aromatic rings. The predicted octanol–water partition coefficient (Wildman–Crippen LogP) is 4.37. The summed E-state index contributed by atoms with van der Waals surface area (Å²) in [6.07, 6.45) is 11.5. The maximum Gasteiger partial charge on any atom is 0.000779 e. The Morgan fingerprint density at radius 1 is 1.00 bits per heavy atom. The lowest BCUT2D eigenvalue weighted by molar-refractivity contribution is 0.134. The van der Waals surface area contributed by atoms with Gasteiger partial charge in [-0.3, -0.25) is 0 Å². The van der Waals surface area contributed by atoms with Gasteiger partial charge in [0, 0.05) is 6.54 Å². The molecule has 1 rings (SSSR count). The fourth-order valence-electron chi connectivity index (χ4n) is 3.33. The van der Waals surface area contributed by atoms with E-state index in [-0.39, 0.29) is 0 Å². The molecule has 0 spiro atoms. The van der Waals surface area contributed by atoms with Gasteiger partial charge in [0.1, 0.15) is 0 Å². The molecule has 0 amide bonds. The van der Waals surface area contributed by atoms with Gasteiger partial charge in [-0.2, -0.15) is 0 Å². The van der Waals surface area contributed by atoms with E-state index in [0.717, 1.165) is 12.5 Å². The van der Waals surface area contributed by atoms with E-state index < -0.39 is 0 Å². The molecule has 0 aromatic carbocycles. The Bertz CT molecular complexity index is 166. The van der Waals surface area contributed by atoms with Crippen LogP contribution in [-0.2, 0) is 0 Å². The summed E-state index contributed by atoms with van der Waals surface area (Å²) < 4.78 is 0. The molecule has 0 saturated heterocycles. The summed E-state index contributed by atoms with van der Waals surface area (Å²) in [5.41, 5.74) is 0.644. The summed E-state index contributed by atoms with van der Waals surface area (Å²) in [6.45, 7) is 9.34. The predicted molar refractivity (Wildman–Crippen MR) is 72.8 cm³/mol. The monoisotopic (exact) mass is 225 g/mol. The Labute approximate surface area is 102 Å². The van der Waals surface area contributed by atoms with Crippen LogP contribution in [0.1, 0.15) is 72.1 Å². The molecule has 1 nitrogen and oxygen atoms in total. The third kappa shape index (κ3) is 4.08. The van der Waals surface area contributed by atoms with E-state index >= 15 is 0 Å². The summed E-state index contributed by atoms with van der Waals surface area (Å²) in [6, 6.07) is 0. The zero-order valence-corrected chi connectivity index (χ0v) is 11.6. The van der Waals surface area contributed by atoms with Crippen LogP contribution in [0.25, 0.3) is 0 Å². The van der Waals surface area contributed by atoms with Gasteiger partial charge in [0.25, 0.3) is 0 Å². The average molecular weight is 225 g/mol. The van der Waals surface area contributed by atoms with Crippen LogP contribution < -0.4 is 5.32 Å².